The first-order chi connectivity index (χ1) is 17.4. The maximum Gasteiger partial charge on any atom is 0.256 e. The fraction of sp³-hybridized carbons (Fsp3) is 0.321. The van der Waals surface area contributed by atoms with Gasteiger partial charge in [0, 0.05) is 28.1 Å². The van der Waals surface area contributed by atoms with Crippen LogP contribution in [0.3, 0.4) is 0 Å². The van der Waals surface area contributed by atoms with Gasteiger partial charge in [-0.15, -0.1) is 0 Å². The topological polar surface area (TPSA) is 118 Å². The van der Waals surface area contributed by atoms with Gasteiger partial charge in [0.25, 0.3) is 5.56 Å². The Morgan fingerprint density at radius 2 is 1.76 bits per heavy atom. The van der Waals surface area contributed by atoms with Crippen molar-refractivity contribution < 1.29 is 23.0 Å². The fourth-order valence-electron chi connectivity index (χ4n) is 3.85. The highest BCUT2D eigenvalue weighted by Crippen LogP contribution is 2.38. The third-order valence-corrected chi connectivity index (χ3v) is 6.18. The van der Waals surface area contributed by atoms with Gasteiger partial charge in [-0.25, -0.2) is 8.42 Å². The minimum absolute atomic E-state index is 0.0816. The number of anilines is 1. The zero-order valence-electron chi connectivity index (χ0n) is 21.8. The summed E-state index contributed by atoms with van der Waals surface area (Å²) in [5.41, 5.74) is 4.51. The van der Waals surface area contributed by atoms with Gasteiger partial charge in [-0.2, -0.15) is 0 Å². The van der Waals surface area contributed by atoms with Crippen molar-refractivity contribution in [3.8, 4) is 16.9 Å². The monoisotopic (exact) mass is 526 g/mol. The maximum atomic E-state index is 13.0. The maximum absolute atomic E-state index is 13.0. The molecule has 0 radical (unpaired) electrons. The van der Waals surface area contributed by atoms with Crippen LogP contribution in [0, 0.1) is 0 Å². The molecule has 3 N–H and O–H groups in total. The molecule has 1 heterocycles. The number of hydrogen-bond donors (Lipinski definition) is 3. The molecule has 0 bridgehead atoms. The SMILES string of the molecule is COc1c(C=Cc2ccc(NS(C)(=O)=O)cc2)cc(-c2ccc(COCCO)[nH]c2=O)cc1C(C)(C)C. The standard InChI is InChI=1S/C28H34N2O6S/c1-28(2,3)25-17-21(24-13-12-23(29-27(24)32)18-36-15-14-31)16-20(26(25)35-4)9-6-19-7-10-22(11-8-19)30-37(5,33)34/h6-13,16-17,30-31H,14-15,18H2,1-5H3,(H,29,32). The number of rotatable bonds is 10. The van der Waals surface area contributed by atoms with Gasteiger partial charge in [-0.1, -0.05) is 45.1 Å². The second kappa shape index (κ2) is 11.8. The zero-order chi connectivity index (χ0) is 27.2. The van der Waals surface area contributed by atoms with Crippen LogP contribution in [0.25, 0.3) is 23.3 Å². The van der Waals surface area contributed by atoms with Gasteiger partial charge >= 0.3 is 0 Å². The molecule has 0 spiro atoms. The molecule has 0 atom stereocenters. The van der Waals surface area contributed by atoms with Crippen LogP contribution in [0.5, 0.6) is 5.75 Å². The molecule has 0 aliphatic carbocycles. The first-order valence-electron chi connectivity index (χ1n) is 11.8. The lowest BCUT2D eigenvalue weighted by Gasteiger charge is -2.24. The fourth-order valence-corrected chi connectivity index (χ4v) is 4.41. The lowest BCUT2D eigenvalue weighted by molar-refractivity contribution is 0.0796. The minimum Gasteiger partial charge on any atom is -0.496 e. The van der Waals surface area contributed by atoms with E-state index in [0.29, 0.717) is 22.7 Å². The number of sulfonamides is 1. The van der Waals surface area contributed by atoms with E-state index in [2.05, 4.69) is 30.5 Å². The second-order valence-corrected chi connectivity index (χ2v) is 11.5. The Hall–Kier alpha value is -3.40. The second-order valence-electron chi connectivity index (χ2n) is 9.73. The van der Waals surface area contributed by atoms with Crippen molar-refractivity contribution in [3.05, 3.63) is 81.3 Å². The van der Waals surface area contributed by atoms with Gasteiger partial charge in [0.2, 0.25) is 10.0 Å². The minimum atomic E-state index is -3.35. The van der Waals surface area contributed by atoms with Gasteiger partial charge < -0.3 is 19.6 Å². The molecule has 9 heteroatoms. The molecule has 3 rings (SSSR count). The predicted octanol–water partition coefficient (Wildman–Crippen LogP) is 4.40. The summed E-state index contributed by atoms with van der Waals surface area (Å²) in [4.78, 5) is 15.8. The van der Waals surface area contributed by atoms with E-state index in [9.17, 15) is 13.2 Å². The lowest BCUT2D eigenvalue weighted by Crippen LogP contribution is -2.16. The number of ether oxygens (including phenoxy) is 2. The molecule has 0 aliphatic rings. The molecule has 0 saturated carbocycles. The highest BCUT2D eigenvalue weighted by Gasteiger charge is 2.23. The van der Waals surface area contributed by atoms with Crippen LogP contribution in [0.1, 0.15) is 43.2 Å². The van der Waals surface area contributed by atoms with Crippen LogP contribution in [0.15, 0.2) is 53.3 Å². The quantitative estimate of drug-likeness (QED) is 0.266. The Bertz CT molecular complexity index is 1420. The summed E-state index contributed by atoms with van der Waals surface area (Å²) in [6.07, 6.45) is 4.93. The molecule has 0 unspecified atom stereocenters. The molecular formula is C28H34N2O6S. The summed E-state index contributed by atoms with van der Waals surface area (Å²) in [6, 6.07) is 14.5. The molecule has 37 heavy (non-hydrogen) atoms. The highest BCUT2D eigenvalue weighted by molar-refractivity contribution is 7.92. The normalized spacial score (nSPS) is 12.2. The predicted molar refractivity (Wildman–Crippen MR) is 148 cm³/mol. The van der Waals surface area contributed by atoms with Gasteiger partial charge in [0.1, 0.15) is 5.75 Å². The highest BCUT2D eigenvalue weighted by atomic mass is 32.2. The Kier molecular flexibility index (Phi) is 8.96. The van der Waals surface area contributed by atoms with E-state index in [0.717, 1.165) is 28.5 Å². The Balaban J connectivity index is 2.02. The van der Waals surface area contributed by atoms with Crippen LogP contribution in [-0.2, 0) is 26.8 Å². The first-order valence-corrected chi connectivity index (χ1v) is 13.7. The lowest BCUT2D eigenvalue weighted by atomic mass is 9.83. The Morgan fingerprint density at radius 1 is 1.05 bits per heavy atom. The van der Waals surface area contributed by atoms with E-state index in [-0.39, 0.29) is 30.8 Å². The molecule has 0 amide bonds. The van der Waals surface area contributed by atoms with Crippen LogP contribution < -0.4 is 15.0 Å². The number of nitrogens with one attached hydrogen (secondary N) is 2. The summed E-state index contributed by atoms with van der Waals surface area (Å²) in [7, 11) is -1.72. The number of aromatic amines is 1. The van der Waals surface area contributed by atoms with Crippen molar-refractivity contribution >= 4 is 27.9 Å². The summed E-state index contributed by atoms with van der Waals surface area (Å²) in [5.74, 6) is 0.716. The number of benzene rings is 2. The van der Waals surface area contributed by atoms with E-state index in [1.165, 1.54) is 0 Å². The van der Waals surface area contributed by atoms with Gasteiger partial charge in [-0.3, -0.25) is 9.52 Å². The Labute approximate surface area is 218 Å². The van der Waals surface area contributed by atoms with Crippen LogP contribution in [0.4, 0.5) is 5.69 Å². The van der Waals surface area contributed by atoms with Crippen LogP contribution >= 0.6 is 0 Å². The number of methoxy groups -OCH3 is 1. The van der Waals surface area contributed by atoms with Crippen molar-refractivity contribution in [1.29, 1.82) is 0 Å². The average Bonchev–Trinajstić information content (AvgIpc) is 2.82. The number of H-pyrrole nitrogens is 1. The van der Waals surface area contributed by atoms with E-state index in [1.54, 1.807) is 31.4 Å². The molecule has 198 valence electrons. The van der Waals surface area contributed by atoms with E-state index < -0.39 is 10.0 Å². The molecule has 1 aromatic heterocycles. The average molecular weight is 527 g/mol. The van der Waals surface area contributed by atoms with Crippen molar-refractivity contribution in [1.82, 2.24) is 4.98 Å². The van der Waals surface area contributed by atoms with Gasteiger partial charge in [0.15, 0.2) is 0 Å². The molecule has 0 aliphatic heterocycles. The van der Waals surface area contributed by atoms with Crippen molar-refractivity contribution in [2.24, 2.45) is 0 Å². The first kappa shape index (κ1) is 28.2. The van der Waals surface area contributed by atoms with Crippen molar-refractivity contribution in [3.63, 3.8) is 0 Å². The number of aliphatic hydroxyl groups is 1. The molecular weight excluding hydrogens is 492 g/mol. The smallest absolute Gasteiger partial charge is 0.256 e. The van der Waals surface area contributed by atoms with E-state index >= 15 is 0 Å². The van der Waals surface area contributed by atoms with Crippen LogP contribution in [-0.4, -0.2) is 45.1 Å². The third-order valence-electron chi connectivity index (χ3n) is 5.57. The number of hydrogen-bond acceptors (Lipinski definition) is 6. The molecule has 0 fully saturated rings. The van der Waals surface area contributed by atoms with Gasteiger partial charge in [0.05, 0.1) is 33.2 Å². The van der Waals surface area contributed by atoms with E-state index in [4.69, 9.17) is 14.6 Å². The zero-order valence-corrected chi connectivity index (χ0v) is 22.6. The van der Waals surface area contributed by atoms with E-state index in [1.807, 2.05) is 36.4 Å². The molecule has 3 aromatic rings. The summed E-state index contributed by atoms with van der Waals surface area (Å²) in [6.45, 7) is 6.58. The molecule has 2 aromatic carbocycles. The Morgan fingerprint density at radius 3 is 2.32 bits per heavy atom. The summed E-state index contributed by atoms with van der Waals surface area (Å²) < 4.78 is 36.5. The third kappa shape index (κ3) is 7.79. The van der Waals surface area contributed by atoms with Gasteiger partial charge in [-0.05, 0) is 52.9 Å². The largest absolute Gasteiger partial charge is 0.496 e. The van der Waals surface area contributed by atoms with Crippen molar-refractivity contribution in [2.45, 2.75) is 32.8 Å². The number of aromatic nitrogens is 1. The summed E-state index contributed by atoms with van der Waals surface area (Å²) in [5, 5.41) is 8.88. The van der Waals surface area contributed by atoms with Crippen LogP contribution in [0.2, 0.25) is 0 Å². The van der Waals surface area contributed by atoms with Crippen molar-refractivity contribution in [2.75, 3.05) is 31.3 Å². The molecule has 0 saturated heterocycles. The summed E-state index contributed by atoms with van der Waals surface area (Å²) >= 11 is 0. The number of aliphatic hydroxyl groups excluding tert-OH is 1. The number of pyridine rings is 1. The molecule has 8 nitrogen and oxygen atoms in total.